The van der Waals surface area contributed by atoms with E-state index in [0.717, 1.165) is 0 Å². The lowest BCUT2D eigenvalue weighted by Gasteiger charge is -2.25. The molecule has 0 spiro atoms. The van der Waals surface area contributed by atoms with E-state index in [4.69, 9.17) is 10.5 Å². The van der Waals surface area contributed by atoms with Gasteiger partial charge in [0.2, 0.25) is 10.0 Å². The highest BCUT2D eigenvalue weighted by atomic mass is 32.2. The highest BCUT2D eigenvalue weighted by Crippen LogP contribution is 2.14. The Morgan fingerprint density at radius 1 is 1.40 bits per heavy atom. The van der Waals surface area contributed by atoms with E-state index in [-0.39, 0.29) is 11.8 Å². The first kappa shape index (κ1) is 12.9. The summed E-state index contributed by atoms with van der Waals surface area (Å²) in [5, 5.41) is -0.325. The lowest BCUT2D eigenvalue weighted by atomic mass is 10.1. The molecule has 0 saturated carbocycles. The molecule has 0 aromatic heterocycles. The molecular weight excluding hydrogens is 216 g/mol. The van der Waals surface area contributed by atoms with Gasteiger partial charge in [0, 0.05) is 25.3 Å². The van der Waals surface area contributed by atoms with Crippen LogP contribution in [-0.4, -0.2) is 39.0 Å². The van der Waals surface area contributed by atoms with Gasteiger partial charge in [-0.3, -0.25) is 0 Å². The summed E-state index contributed by atoms with van der Waals surface area (Å²) in [5.74, 6) is 0. The first-order valence-corrected chi connectivity index (χ1v) is 6.71. The number of ether oxygens (including phenoxy) is 1. The molecule has 90 valence electrons. The molecule has 0 atom stereocenters. The molecular formula is C9H20N2O3S. The first-order valence-electron chi connectivity index (χ1n) is 5.16. The third-order valence-electron chi connectivity index (χ3n) is 2.34. The summed E-state index contributed by atoms with van der Waals surface area (Å²) in [4.78, 5) is 0. The lowest BCUT2D eigenvalue weighted by Crippen LogP contribution is -2.48. The maximum Gasteiger partial charge on any atom is 0.214 e. The average molecular weight is 236 g/mol. The number of nitrogens with two attached hydrogens (primary N) is 1. The quantitative estimate of drug-likeness (QED) is 0.709. The fourth-order valence-corrected chi connectivity index (χ4v) is 3.01. The third-order valence-corrected chi connectivity index (χ3v) is 4.23. The van der Waals surface area contributed by atoms with Crippen molar-refractivity contribution in [2.45, 2.75) is 37.5 Å². The number of sulfonamides is 1. The van der Waals surface area contributed by atoms with Gasteiger partial charge < -0.3 is 10.5 Å². The van der Waals surface area contributed by atoms with E-state index in [0.29, 0.717) is 26.1 Å². The second kappa shape index (κ2) is 4.78. The summed E-state index contributed by atoms with van der Waals surface area (Å²) >= 11 is 0. The van der Waals surface area contributed by atoms with Crippen LogP contribution in [0.3, 0.4) is 0 Å². The highest BCUT2D eigenvalue weighted by Gasteiger charge is 2.28. The topological polar surface area (TPSA) is 81.4 Å². The van der Waals surface area contributed by atoms with Gasteiger partial charge in [-0.1, -0.05) is 0 Å². The largest absolute Gasteiger partial charge is 0.381 e. The normalized spacial score (nSPS) is 20.5. The van der Waals surface area contributed by atoms with Crippen LogP contribution in [0.15, 0.2) is 0 Å². The highest BCUT2D eigenvalue weighted by molar-refractivity contribution is 7.90. The molecule has 0 aromatic rings. The van der Waals surface area contributed by atoms with Crippen molar-refractivity contribution in [3.05, 3.63) is 0 Å². The average Bonchev–Trinajstić information content (AvgIpc) is 2.16. The molecule has 1 heterocycles. The molecule has 15 heavy (non-hydrogen) atoms. The molecule has 1 aliphatic heterocycles. The molecule has 0 unspecified atom stereocenters. The molecule has 1 aliphatic rings. The molecule has 6 heteroatoms. The van der Waals surface area contributed by atoms with Gasteiger partial charge in [0.15, 0.2) is 0 Å². The van der Waals surface area contributed by atoms with Crippen LogP contribution in [-0.2, 0) is 14.8 Å². The van der Waals surface area contributed by atoms with E-state index in [1.807, 2.05) is 0 Å². The van der Waals surface area contributed by atoms with Gasteiger partial charge in [-0.25, -0.2) is 13.1 Å². The lowest BCUT2D eigenvalue weighted by molar-refractivity contribution is 0.0981. The Hall–Kier alpha value is -0.170. The number of rotatable bonds is 4. The summed E-state index contributed by atoms with van der Waals surface area (Å²) in [5.41, 5.74) is 5.20. The van der Waals surface area contributed by atoms with Crippen molar-refractivity contribution in [1.29, 1.82) is 0 Å². The van der Waals surface area contributed by atoms with Gasteiger partial charge in [-0.15, -0.1) is 0 Å². The summed E-state index contributed by atoms with van der Waals surface area (Å²) in [6.45, 7) is 4.90. The Labute approximate surface area is 91.4 Å². The van der Waals surface area contributed by atoms with Crippen molar-refractivity contribution in [1.82, 2.24) is 4.72 Å². The number of nitrogens with one attached hydrogen (secondary N) is 1. The van der Waals surface area contributed by atoms with Crippen LogP contribution >= 0.6 is 0 Å². The fraction of sp³-hybridized carbons (Fsp3) is 1.00. The Morgan fingerprint density at radius 2 is 1.93 bits per heavy atom. The van der Waals surface area contributed by atoms with Gasteiger partial charge in [0.1, 0.15) is 0 Å². The smallest absolute Gasteiger partial charge is 0.214 e. The Morgan fingerprint density at radius 3 is 2.40 bits per heavy atom. The third kappa shape index (κ3) is 4.46. The van der Waals surface area contributed by atoms with Crippen molar-refractivity contribution in [3.8, 4) is 0 Å². The minimum absolute atomic E-state index is 0.271. The van der Waals surface area contributed by atoms with Crippen LogP contribution < -0.4 is 10.5 Å². The molecule has 1 fully saturated rings. The zero-order valence-corrected chi connectivity index (χ0v) is 10.1. The molecule has 0 bridgehead atoms. The van der Waals surface area contributed by atoms with Crippen LogP contribution in [0.1, 0.15) is 26.7 Å². The maximum absolute atomic E-state index is 11.8. The Balaban J connectivity index is 2.51. The summed E-state index contributed by atoms with van der Waals surface area (Å²) in [7, 11) is -3.23. The first-order chi connectivity index (χ1) is 6.81. The molecule has 0 aliphatic carbocycles. The van der Waals surface area contributed by atoms with E-state index >= 15 is 0 Å². The van der Waals surface area contributed by atoms with Gasteiger partial charge in [-0.05, 0) is 26.7 Å². The zero-order valence-electron chi connectivity index (χ0n) is 9.32. The second-order valence-corrected chi connectivity index (χ2v) is 6.71. The summed E-state index contributed by atoms with van der Waals surface area (Å²) in [6.07, 6.45) is 1.14. The van der Waals surface area contributed by atoms with E-state index in [1.54, 1.807) is 13.8 Å². The summed E-state index contributed by atoms with van der Waals surface area (Å²) in [6, 6.07) is 0. The van der Waals surface area contributed by atoms with Crippen LogP contribution in [0.4, 0.5) is 0 Å². The van der Waals surface area contributed by atoms with Crippen LogP contribution in [0, 0.1) is 0 Å². The molecule has 0 aromatic carbocycles. The molecule has 5 nitrogen and oxygen atoms in total. The Bertz CT molecular complexity index is 289. The predicted octanol–water partition coefficient (Wildman–Crippen LogP) is -0.178. The SMILES string of the molecule is CC(C)(N)CNS(=O)(=O)C1CCOCC1. The molecule has 0 radical (unpaired) electrons. The van der Waals surface area contributed by atoms with E-state index < -0.39 is 15.6 Å². The fourth-order valence-electron chi connectivity index (χ4n) is 1.39. The van der Waals surface area contributed by atoms with Crippen LogP contribution in [0.25, 0.3) is 0 Å². The maximum atomic E-state index is 11.8. The van der Waals surface area contributed by atoms with Gasteiger partial charge in [-0.2, -0.15) is 0 Å². The molecule has 1 saturated heterocycles. The Kier molecular flexibility index (Phi) is 4.11. The molecule has 3 N–H and O–H groups in total. The number of hydrogen-bond donors (Lipinski definition) is 2. The van der Waals surface area contributed by atoms with Crippen molar-refractivity contribution in [2.75, 3.05) is 19.8 Å². The minimum atomic E-state index is -3.23. The monoisotopic (exact) mass is 236 g/mol. The van der Waals surface area contributed by atoms with Gasteiger partial charge >= 0.3 is 0 Å². The van der Waals surface area contributed by atoms with Crippen molar-refractivity contribution in [3.63, 3.8) is 0 Å². The van der Waals surface area contributed by atoms with Crippen molar-refractivity contribution in [2.24, 2.45) is 5.73 Å². The predicted molar refractivity (Wildman–Crippen MR) is 59.0 cm³/mol. The molecule has 0 amide bonds. The van der Waals surface area contributed by atoms with Crippen molar-refractivity contribution < 1.29 is 13.2 Å². The standard InChI is InChI=1S/C9H20N2O3S/c1-9(2,10)7-11-15(12,13)8-3-5-14-6-4-8/h8,11H,3-7,10H2,1-2H3. The molecule has 1 rings (SSSR count). The van der Waals surface area contributed by atoms with Gasteiger partial charge in [0.25, 0.3) is 0 Å². The number of hydrogen-bond acceptors (Lipinski definition) is 4. The zero-order chi connectivity index (χ0) is 11.5. The van der Waals surface area contributed by atoms with E-state index in [9.17, 15) is 8.42 Å². The van der Waals surface area contributed by atoms with Gasteiger partial charge in [0.05, 0.1) is 5.25 Å². The summed E-state index contributed by atoms with van der Waals surface area (Å²) < 4.78 is 31.3. The van der Waals surface area contributed by atoms with Crippen molar-refractivity contribution >= 4 is 10.0 Å². The van der Waals surface area contributed by atoms with E-state index in [2.05, 4.69) is 4.72 Å². The second-order valence-electron chi connectivity index (χ2n) is 4.67. The van der Waals surface area contributed by atoms with Crippen LogP contribution in [0.2, 0.25) is 0 Å². The van der Waals surface area contributed by atoms with E-state index in [1.165, 1.54) is 0 Å². The minimum Gasteiger partial charge on any atom is -0.381 e. The van der Waals surface area contributed by atoms with Crippen LogP contribution in [0.5, 0.6) is 0 Å².